The number of amidine groups is 1. The predicted octanol–water partition coefficient (Wildman–Crippen LogP) is 1.64. The van der Waals surface area contributed by atoms with E-state index >= 15 is 0 Å². The van der Waals surface area contributed by atoms with Crippen LogP contribution in [0.5, 0.6) is 0 Å². The third kappa shape index (κ3) is 5.19. The van der Waals surface area contributed by atoms with E-state index in [0.717, 1.165) is 37.4 Å². The molecule has 142 valence electrons. The third-order valence-corrected chi connectivity index (χ3v) is 5.46. The monoisotopic (exact) mass is 359 g/mol. The number of carbonyl (C=O) groups is 1. The Balaban J connectivity index is 1.65. The number of hydrazone groups is 1. The normalized spacial score (nSPS) is 19.9. The molecule has 26 heavy (non-hydrogen) atoms. The van der Waals surface area contributed by atoms with Crippen LogP contribution in [0.3, 0.4) is 0 Å². The van der Waals surface area contributed by atoms with Crippen LogP contribution >= 0.6 is 0 Å². The Bertz CT molecular complexity index is 601. The minimum atomic E-state index is -0.743. The van der Waals surface area contributed by atoms with Crippen LogP contribution in [-0.2, 0) is 11.2 Å². The molecule has 0 bridgehead atoms. The lowest BCUT2D eigenvalue weighted by Crippen LogP contribution is -2.42. The van der Waals surface area contributed by atoms with Crippen LogP contribution in [0.15, 0.2) is 35.4 Å². The highest BCUT2D eigenvalue weighted by Crippen LogP contribution is 2.27. The number of rotatable bonds is 9. The van der Waals surface area contributed by atoms with Gasteiger partial charge in [-0.3, -0.25) is 10.2 Å². The number of nitrogens with zero attached hydrogens (tertiary/aromatic N) is 1. The van der Waals surface area contributed by atoms with Gasteiger partial charge in [0.15, 0.2) is 0 Å². The number of hydrazine groups is 2. The smallest absolute Gasteiger partial charge is 0.307 e. The molecule has 0 amide bonds. The average molecular weight is 359 g/mol. The fourth-order valence-corrected chi connectivity index (χ4v) is 3.97. The predicted molar refractivity (Wildman–Crippen MR) is 101 cm³/mol. The number of carboxylic acids is 1. The summed E-state index contributed by atoms with van der Waals surface area (Å²) in [5.41, 5.74) is 9.50. The summed E-state index contributed by atoms with van der Waals surface area (Å²) in [4.78, 5) is 12.0. The molecule has 7 heteroatoms. The van der Waals surface area contributed by atoms with Crippen molar-refractivity contribution in [3.8, 4) is 0 Å². The first-order chi connectivity index (χ1) is 12.7. The molecule has 7 nitrogen and oxygen atoms in total. The molecule has 0 aliphatic carbocycles. The number of piperidine rings is 1. The minimum absolute atomic E-state index is 0.189. The van der Waals surface area contributed by atoms with Gasteiger partial charge in [0.2, 0.25) is 0 Å². The number of hydrogen-bond acceptors (Lipinski definition) is 6. The van der Waals surface area contributed by atoms with Crippen molar-refractivity contribution in [2.75, 3.05) is 13.1 Å². The van der Waals surface area contributed by atoms with Crippen molar-refractivity contribution in [1.82, 2.24) is 21.8 Å². The van der Waals surface area contributed by atoms with Gasteiger partial charge >= 0.3 is 5.97 Å². The van der Waals surface area contributed by atoms with Gasteiger partial charge in [-0.2, -0.15) is 0 Å². The zero-order chi connectivity index (χ0) is 18.2. The van der Waals surface area contributed by atoms with Gasteiger partial charge < -0.3 is 10.4 Å². The van der Waals surface area contributed by atoms with Crippen molar-refractivity contribution in [2.24, 2.45) is 22.9 Å². The molecule has 0 unspecified atom stereocenters. The number of hydrogen-bond donors (Lipinski definition) is 5. The maximum Gasteiger partial charge on any atom is 0.307 e. The van der Waals surface area contributed by atoms with E-state index in [-0.39, 0.29) is 5.92 Å². The molecule has 5 N–H and O–H groups in total. The first kappa shape index (κ1) is 18.7. The van der Waals surface area contributed by atoms with Crippen LogP contribution in [0.1, 0.15) is 37.7 Å². The molecule has 1 aromatic rings. The zero-order valence-corrected chi connectivity index (χ0v) is 15.1. The fourth-order valence-electron chi connectivity index (χ4n) is 3.97. The Hall–Kier alpha value is -2.12. The summed E-state index contributed by atoms with van der Waals surface area (Å²) in [6, 6.07) is 10.0. The molecule has 3 rings (SSSR count). The molecule has 2 aliphatic heterocycles. The van der Waals surface area contributed by atoms with Crippen LogP contribution in [-0.4, -0.2) is 30.0 Å². The topological polar surface area (TPSA) is 97.8 Å². The highest BCUT2D eigenvalue weighted by molar-refractivity contribution is 5.89. The summed E-state index contributed by atoms with van der Waals surface area (Å²) in [5.74, 6) is 0.00889. The maximum atomic E-state index is 12.0. The van der Waals surface area contributed by atoms with Crippen molar-refractivity contribution in [3.63, 3.8) is 0 Å². The molecule has 0 aromatic heterocycles. The first-order valence-corrected chi connectivity index (χ1v) is 9.55. The minimum Gasteiger partial charge on any atom is -0.481 e. The van der Waals surface area contributed by atoms with Crippen molar-refractivity contribution in [1.29, 1.82) is 0 Å². The second kappa shape index (κ2) is 9.54. The molecule has 0 radical (unpaired) electrons. The van der Waals surface area contributed by atoms with Gasteiger partial charge in [-0.1, -0.05) is 43.2 Å². The quantitative estimate of drug-likeness (QED) is 0.460. The average Bonchev–Trinajstić information content (AvgIpc) is 3.20. The maximum absolute atomic E-state index is 12.0. The van der Waals surface area contributed by atoms with Gasteiger partial charge in [0.05, 0.1) is 5.92 Å². The number of benzene rings is 1. The van der Waals surface area contributed by atoms with Crippen molar-refractivity contribution < 1.29 is 9.90 Å². The number of carboxylic acid groups (broad SMARTS) is 1. The van der Waals surface area contributed by atoms with E-state index in [1.807, 2.05) is 30.3 Å². The Morgan fingerprint density at radius 2 is 2.00 bits per heavy atom. The molecule has 0 spiro atoms. The van der Waals surface area contributed by atoms with Gasteiger partial charge in [0.1, 0.15) is 5.84 Å². The number of nitrogens with one attached hydrogen (secondary N) is 4. The highest BCUT2D eigenvalue weighted by Gasteiger charge is 2.33. The molecule has 2 heterocycles. The molecule has 2 atom stereocenters. The second-order valence-corrected chi connectivity index (χ2v) is 7.22. The van der Waals surface area contributed by atoms with E-state index in [4.69, 9.17) is 0 Å². The fraction of sp³-hybridized carbons (Fsp3) is 0.579. The zero-order valence-electron chi connectivity index (χ0n) is 15.1. The highest BCUT2D eigenvalue weighted by atomic mass is 16.4. The Kier molecular flexibility index (Phi) is 6.85. The lowest BCUT2D eigenvalue weighted by Gasteiger charge is -2.26. The molecular formula is C19H29N5O2. The molecular weight excluding hydrogens is 330 g/mol. The molecule has 2 aliphatic rings. The third-order valence-electron chi connectivity index (χ3n) is 5.46. The number of aliphatic carboxylic acids is 1. The van der Waals surface area contributed by atoms with Gasteiger partial charge in [0, 0.05) is 5.92 Å². The summed E-state index contributed by atoms with van der Waals surface area (Å²) < 4.78 is 0. The summed E-state index contributed by atoms with van der Waals surface area (Å²) in [6.45, 7) is 2.17. The first-order valence-electron chi connectivity index (χ1n) is 9.55. The lowest BCUT2D eigenvalue weighted by molar-refractivity contribution is -0.143. The molecule has 1 saturated heterocycles. The van der Waals surface area contributed by atoms with Gasteiger partial charge in [-0.15, -0.1) is 10.6 Å². The molecule has 0 saturated carbocycles. The van der Waals surface area contributed by atoms with Crippen molar-refractivity contribution >= 4 is 11.8 Å². The summed E-state index contributed by atoms with van der Waals surface area (Å²) >= 11 is 0. The summed E-state index contributed by atoms with van der Waals surface area (Å²) in [5, 5.41) is 17.5. The van der Waals surface area contributed by atoms with E-state index in [2.05, 4.69) is 26.9 Å². The van der Waals surface area contributed by atoms with Crippen LogP contribution < -0.4 is 21.8 Å². The van der Waals surface area contributed by atoms with Crippen molar-refractivity contribution in [2.45, 2.75) is 38.5 Å². The van der Waals surface area contributed by atoms with Crippen LogP contribution in [0.2, 0.25) is 0 Å². The van der Waals surface area contributed by atoms with Gasteiger partial charge in [0.25, 0.3) is 0 Å². The van der Waals surface area contributed by atoms with E-state index in [0.29, 0.717) is 18.7 Å². The van der Waals surface area contributed by atoms with Gasteiger partial charge in [-0.25, -0.2) is 5.53 Å². The Morgan fingerprint density at radius 3 is 2.65 bits per heavy atom. The summed E-state index contributed by atoms with van der Waals surface area (Å²) in [7, 11) is 0. The van der Waals surface area contributed by atoms with Crippen molar-refractivity contribution in [3.05, 3.63) is 35.9 Å². The van der Waals surface area contributed by atoms with E-state index in [1.165, 1.54) is 12.8 Å². The van der Waals surface area contributed by atoms with Crippen LogP contribution in [0, 0.1) is 17.8 Å². The molecule has 1 fully saturated rings. The van der Waals surface area contributed by atoms with Crippen LogP contribution in [0.4, 0.5) is 0 Å². The SMILES string of the molecule is O=C(O)[C@@H](CCCC1CCNCC1)[C@H](Cc1ccccc1)C1=NNNN1. The lowest BCUT2D eigenvalue weighted by atomic mass is 9.81. The summed E-state index contributed by atoms with van der Waals surface area (Å²) in [6.07, 6.45) is 5.79. The van der Waals surface area contributed by atoms with E-state index < -0.39 is 11.9 Å². The standard InChI is InChI=1S/C19H29N5O2/c25-19(26)16(8-4-7-14-9-11-20-12-10-14)17(18-21-23-24-22-18)13-15-5-2-1-3-6-15/h1-3,5-6,14,16-17,20,23-24H,4,7-13H2,(H,21,22)(H,25,26)/t16-,17-/m0/s1. The Labute approximate surface area is 154 Å². The van der Waals surface area contributed by atoms with Gasteiger partial charge in [-0.05, 0) is 50.3 Å². The second-order valence-electron chi connectivity index (χ2n) is 7.22. The van der Waals surface area contributed by atoms with E-state index in [1.54, 1.807) is 0 Å². The van der Waals surface area contributed by atoms with E-state index in [9.17, 15) is 9.90 Å². The molecule has 1 aromatic carbocycles. The Morgan fingerprint density at radius 1 is 1.23 bits per heavy atom. The van der Waals surface area contributed by atoms with Crippen LogP contribution in [0.25, 0.3) is 0 Å². The largest absolute Gasteiger partial charge is 0.481 e.